The van der Waals surface area contributed by atoms with Gasteiger partial charge in [-0.15, -0.1) is 0 Å². The standard InChI is InChI=1S/C24H23ClN4O4/c1-12-5-4-7-14-20(12)27-23(33)24(14)19-18(16(28-24)9-10-17(26)30)21(31)29(22(19)32)11-13-6-2-3-8-15(13)25/h2-8,16,18-19,28H,9-11H2,1H3,(H2,26,30)(H,27,33)/t16-,18-,19+,24+/m1/s1. The number of primary amides is 1. The number of imide groups is 1. The normalized spacial score (nSPS) is 27.8. The van der Waals surface area contributed by atoms with Crippen LogP contribution in [0.5, 0.6) is 0 Å². The Labute approximate surface area is 195 Å². The Morgan fingerprint density at radius 3 is 2.61 bits per heavy atom. The number of nitrogens with one attached hydrogen (secondary N) is 2. The van der Waals surface area contributed by atoms with Crippen molar-refractivity contribution in [3.63, 3.8) is 0 Å². The zero-order valence-electron chi connectivity index (χ0n) is 17.9. The van der Waals surface area contributed by atoms with E-state index in [-0.39, 0.29) is 31.2 Å². The summed E-state index contributed by atoms with van der Waals surface area (Å²) in [6.07, 6.45) is 0.275. The zero-order chi connectivity index (χ0) is 23.5. The molecule has 2 aromatic carbocycles. The summed E-state index contributed by atoms with van der Waals surface area (Å²) in [5.41, 5.74) is 6.76. The predicted molar refractivity (Wildman–Crippen MR) is 121 cm³/mol. The maximum absolute atomic E-state index is 13.7. The maximum Gasteiger partial charge on any atom is 0.250 e. The number of carbonyl (C=O) groups excluding carboxylic acids is 4. The Kier molecular flexibility index (Phi) is 5.02. The van der Waals surface area contributed by atoms with Crippen LogP contribution in [0.4, 0.5) is 5.69 Å². The minimum absolute atomic E-state index is 0.0191. The maximum atomic E-state index is 13.7. The van der Waals surface area contributed by atoms with Crippen LogP contribution >= 0.6 is 11.6 Å². The summed E-state index contributed by atoms with van der Waals surface area (Å²) in [5.74, 6) is -3.42. The first-order chi connectivity index (χ1) is 15.8. The number of hydrogen-bond donors (Lipinski definition) is 3. The van der Waals surface area contributed by atoms with Crippen molar-refractivity contribution < 1.29 is 19.2 Å². The van der Waals surface area contributed by atoms with Crippen LogP contribution in [0.15, 0.2) is 42.5 Å². The second-order valence-corrected chi connectivity index (χ2v) is 9.28. The van der Waals surface area contributed by atoms with Crippen molar-refractivity contribution in [2.45, 2.75) is 37.9 Å². The quantitative estimate of drug-likeness (QED) is 0.580. The van der Waals surface area contributed by atoms with Crippen molar-refractivity contribution in [3.05, 3.63) is 64.2 Å². The van der Waals surface area contributed by atoms with Gasteiger partial charge in [0.1, 0.15) is 5.54 Å². The number of para-hydroxylation sites is 1. The number of fused-ring (bicyclic) bond motifs is 4. The highest BCUT2D eigenvalue weighted by Gasteiger charge is 2.70. The highest BCUT2D eigenvalue weighted by Crippen LogP contribution is 2.54. The summed E-state index contributed by atoms with van der Waals surface area (Å²) in [7, 11) is 0. The number of likely N-dealkylation sites (tertiary alicyclic amines) is 1. The number of benzene rings is 2. The highest BCUT2D eigenvalue weighted by molar-refractivity contribution is 6.31. The number of anilines is 1. The number of rotatable bonds is 5. The van der Waals surface area contributed by atoms with E-state index in [0.717, 1.165) is 5.56 Å². The average molecular weight is 467 g/mol. The topological polar surface area (TPSA) is 122 Å². The van der Waals surface area contributed by atoms with Crippen molar-refractivity contribution in [2.24, 2.45) is 17.6 Å². The Hall–Kier alpha value is -3.23. The van der Waals surface area contributed by atoms with Gasteiger partial charge in [0.15, 0.2) is 0 Å². The fourth-order valence-corrected chi connectivity index (χ4v) is 5.73. The third-order valence-electron chi connectivity index (χ3n) is 7.04. The lowest BCUT2D eigenvalue weighted by Gasteiger charge is -2.29. The minimum Gasteiger partial charge on any atom is -0.370 e. The zero-order valence-corrected chi connectivity index (χ0v) is 18.7. The fourth-order valence-electron chi connectivity index (χ4n) is 5.53. The molecule has 4 amide bonds. The lowest BCUT2D eigenvalue weighted by Crippen LogP contribution is -2.53. The molecule has 33 heavy (non-hydrogen) atoms. The summed E-state index contributed by atoms with van der Waals surface area (Å²) in [6, 6.07) is 12.0. The van der Waals surface area contributed by atoms with Gasteiger partial charge in [-0.05, 0) is 30.5 Å². The van der Waals surface area contributed by atoms with Crippen LogP contribution < -0.4 is 16.4 Å². The Balaban J connectivity index is 1.60. The van der Waals surface area contributed by atoms with Gasteiger partial charge in [0, 0.05) is 28.7 Å². The van der Waals surface area contributed by atoms with Crippen LogP contribution in [-0.4, -0.2) is 34.6 Å². The van der Waals surface area contributed by atoms with Gasteiger partial charge in [0.05, 0.1) is 18.4 Å². The van der Waals surface area contributed by atoms with Crippen molar-refractivity contribution in [3.8, 4) is 0 Å². The molecule has 0 radical (unpaired) electrons. The molecule has 0 saturated carbocycles. The van der Waals surface area contributed by atoms with E-state index in [9.17, 15) is 19.2 Å². The summed E-state index contributed by atoms with van der Waals surface area (Å²) in [6.45, 7) is 1.89. The molecular formula is C24H23ClN4O4. The van der Waals surface area contributed by atoms with Crippen molar-refractivity contribution in [1.29, 1.82) is 0 Å². The first-order valence-electron chi connectivity index (χ1n) is 10.8. The lowest BCUT2D eigenvalue weighted by molar-refractivity contribution is -0.143. The summed E-state index contributed by atoms with van der Waals surface area (Å²) >= 11 is 6.28. The van der Waals surface area contributed by atoms with Crippen LogP contribution in [0.2, 0.25) is 5.02 Å². The second-order valence-electron chi connectivity index (χ2n) is 8.87. The molecule has 9 heteroatoms. The van der Waals surface area contributed by atoms with Crippen LogP contribution in [0, 0.1) is 18.8 Å². The van der Waals surface area contributed by atoms with Gasteiger partial charge in [-0.25, -0.2) is 0 Å². The van der Waals surface area contributed by atoms with E-state index in [1.165, 1.54) is 4.90 Å². The second kappa shape index (κ2) is 7.67. The number of aryl methyl sites for hydroxylation is 1. The molecule has 4 N–H and O–H groups in total. The molecule has 2 aromatic rings. The number of nitrogens with two attached hydrogens (primary N) is 1. The van der Waals surface area contributed by atoms with E-state index in [2.05, 4.69) is 10.6 Å². The van der Waals surface area contributed by atoms with E-state index < -0.39 is 35.2 Å². The molecule has 0 aromatic heterocycles. The largest absolute Gasteiger partial charge is 0.370 e. The molecule has 5 rings (SSSR count). The van der Waals surface area contributed by atoms with Gasteiger partial charge in [-0.3, -0.25) is 29.4 Å². The summed E-state index contributed by atoms with van der Waals surface area (Å²) in [5, 5.41) is 6.66. The molecule has 8 nitrogen and oxygen atoms in total. The molecule has 2 saturated heterocycles. The van der Waals surface area contributed by atoms with Crippen LogP contribution in [0.25, 0.3) is 0 Å². The minimum atomic E-state index is -1.39. The van der Waals surface area contributed by atoms with Gasteiger partial charge in [0.2, 0.25) is 23.6 Å². The molecule has 3 aliphatic heterocycles. The van der Waals surface area contributed by atoms with E-state index in [4.69, 9.17) is 17.3 Å². The van der Waals surface area contributed by atoms with Crippen LogP contribution in [0.3, 0.4) is 0 Å². The first kappa shape index (κ1) is 21.6. The molecule has 3 heterocycles. The van der Waals surface area contributed by atoms with Gasteiger partial charge in [-0.2, -0.15) is 0 Å². The van der Waals surface area contributed by atoms with Crippen molar-refractivity contribution in [1.82, 2.24) is 10.2 Å². The van der Waals surface area contributed by atoms with Crippen molar-refractivity contribution >= 4 is 40.9 Å². The van der Waals surface area contributed by atoms with Crippen molar-refractivity contribution in [2.75, 3.05) is 5.32 Å². The highest BCUT2D eigenvalue weighted by atomic mass is 35.5. The number of halogens is 1. The monoisotopic (exact) mass is 466 g/mol. The first-order valence-corrected chi connectivity index (χ1v) is 11.2. The SMILES string of the molecule is Cc1cccc2c1NC(=O)[C@]21N[C@H](CCC(N)=O)[C@H]2C(=O)N(Cc3ccccc3Cl)C(=O)[C@H]21. The van der Waals surface area contributed by atoms with Gasteiger partial charge in [0.25, 0.3) is 0 Å². The van der Waals surface area contributed by atoms with E-state index in [1.807, 2.05) is 19.1 Å². The molecule has 3 aliphatic rings. The summed E-state index contributed by atoms with van der Waals surface area (Å²) in [4.78, 5) is 53.4. The number of hydrogen-bond acceptors (Lipinski definition) is 5. The van der Waals surface area contributed by atoms with E-state index >= 15 is 0 Å². The fraction of sp³-hybridized carbons (Fsp3) is 0.333. The molecular weight excluding hydrogens is 444 g/mol. The third kappa shape index (κ3) is 3.08. The van der Waals surface area contributed by atoms with Gasteiger partial charge >= 0.3 is 0 Å². The molecule has 1 spiro atoms. The molecule has 0 aliphatic carbocycles. The number of nitrogens with zero attached hydrogens (tertiary/aromatic N) is 1. The molecule has 4 atom stereocenters. The Bertz CT molecular complexity index is 1210. The molecule has 0 unspecified atom stereocenters. The predicted octanol–water partition coefficient (Wildman–Crippen LogP) is 1.83. The Morgan fingerprint density at radius 1 is 1.12 bits per heavy atom. The average Bonchev–Trinajstić information content (AvgIpc) is 3.35. The lowest BCUT2D eigenvalue weighted by atomic mass is 9.76. The van der Waals surface area contributed by atoms with E-state index in [1.54, 1.807) is 30.3 Å². The van der Waals surface area contributed by atoms with Crippen LogP contribution in [0.1, 0.15) is 29.5 Å². The third-order valence-corrected chi connectivity index (χ3v) is 7.41. The van der Waals surface area contributed by atoms with Gasteiger partial charge < -0.3 is 11.1 Å². The smallest absolute Gasteiger partial charge is 0.250 e. The molecule has 170 valence electrons. The van der Waals surface area contributed by atoms with Crippen LogP contribution in [-0.2, 0) is 31.3 Å². The van der Waals surface area contributed by atoms with E-state index in [0.29, 0.717) is 21.8 Å². The van der Waals surface area contributed by atoms with Gasteiger partial charge in [-0.1, -0.05) is 48.0 Å². The number of carbonyl (C=O) groups is 4. The molecule has 2 fully saturated rings. The number of amides is 4. The summed E-state index contributed by atoms with van der Waals surface area (Å²) < 4.78 is 0. The molecule has 0 bridgehead atoms. The Morgan fingerprint density at radius 2 is 1.88 bits per heavy atom.